The van der Waals surface area contributed by atoms with Gasteiger partial charge in [-0.2, -0.15) is 0 Å². The molecule has 2 atom stereocenters. The molecule has 0 aliphatic rings. The minimum absolute atomic E-state index is 0.0804. The molecule has 0 aromatic heterocycles. The Labute approximate surface area is 72.5 Å². The Morgan fingerprint density at radius 2 is 2.25 bits per heavy atom. The summed E-state index contributed by atoms with van der Waals surface area (Å²) in [6.45, 7) is 3.78. The summed E-state index contributed by atoms with van der Waals surface area (Å²) in [6, 6.07) is -0.525. The zero-order valence-electron chi connectivity index (χ0n) is 7.46. The molecular weight excluding hydrogens is 156 g/mol. The summed E-state index contributed by atoms with van der Waals surface area (Å²) >= 11 is 0. The van der Waals surface area contributed by atoms with Crippen LogP contribution in [0.3, 0.4) is 0 Å². The molecule has 4 heteroatoms. The smallest absolute Gasteiger partial charge is 0.237 e. The lowest BCUT2D eigenvalue weighted by atomic mass is 9.99. The monoisotopic (exact) mass is 171 g/mol. The summed E-state index contributed by atoms with van der Waals surface area (Å²) in [5.74, 6) is -0.149. The van der Waals surface area contributed by atoms with Crippen molar-refractivity contribution in [2.75, 3.05) is 6.54 Å². The van der Waals surface area contributed by atoms with Gasteiger partial charge in [0.2, 0.25) is 12.2 Å². The molecule has 0 aliphatic heterocycles. The molecule has 4 nitrogen and oxygen atoms in total. The SMILES string of the molecule is CCC(C)C(N)C(=O)NC[C]=O. The highest BCUT2D eigenvalue weighted by molar-refractivity contribution is 5.83. The first-order chi connectivity index (χ1) is 5.63. The fourth-order valence-corrected chi connectivity index (χ4v) is 0.753. The molecule has 12 heavy (non-hydrogen) atoms. The molecule has 2 unspecified atom stereocenters. The van der Waals surface area contributed by atoms with Crippen molar-refractivity contribution in [2.45, 2.75) is 26.3 Å². The van der Waals surface area contributed by atoms with Gasteiger partial charge in [-0.05, 0) is 5.92 Å². The van der Waals surface area contributed by atoms with Crippen molar-refractivity contribution in [3.8, 4) is 0 Å². The molecule has 1 radical (unpaired) electrons. The average Bonchev–Trinajstić information content (AvgIpc) is 2.11. The minimum Gasteiger partial charge on any atom is -0.347 e. The number of hydrogen-bond acceptors (Lipinski definition) is 3. The molecule has 0 heterocycles. The molecule has 0 saturated heterocycles. The van der Waals surface area contributed by atoms with E-state index in [-0.39, 0.29) is 18.4 Å². The van der Waals surface area contributed by atoms with Gasteiger partial charge in [0.1, 0.15) is 0 Å². The normalized spacial score (nSPS) is 14.9. The van der Waals surface area contributed by atoms with Gasteiger partial charge in [-0.15, -0.1) is 0 Å². The van der Waals surface area contributed by atoms with Crippen LogP contribution in [0, 0.1) is 5.92 Å². The predicted octanol–water partition coefficient (Wildman–Crippen LogP) is -0.414. The van der Waals surface area contributed by atoms with Crippen molar-refractivity contribution in [3.63, 3.8) is 0 Å². The Morgan fingerprint density at radius 3 is 2.67 bits per heavy atom. The zero-order chi connectivity index (χ0) is 9.56. The van der Waals surface area contributed by atoms with Crippen LogP contribution in [-0.2, 0) is 9.59 Å². The van der Waals surface area contributed by atoms with E-state index in [0.29, 0.717) is 0 Å². The maximum Gasteiger partial charge on any atom is 0.237 e. The number of carbonyl (C=O) groups is 1. The van der Waals surface area contributed by atoms with Gasteiger partial charge in [0.05, 0.1) is 12.6 Å². The highest BCUT2D eigenvalue weighted by Gasteiger charge is 2.18. The van der Waals surface area contributed by atoms with Gasteiger partial charge in [0.15, 0.2) is 0 Å². The summed E-state index contributed by atoms with van der Waals surface area (Å²) < 4.78 is 0. The molecule has 0 aliphatic carbocycles. The van der Waals surface area contributed by atoms with Gasteiger partial charge in [-0.1, -0.05) is 20.3 Å². The van der Waals surface area contributed by atoms with Crippen LogP contribution in [0.2, 0.25) is 0 Å². The summed E-state index contributed by atoms with van der Waals surface area (Å²) in [7, 11) is 0. The lowest BCUT2D eigenvalue weighted by molar-refractivity contribution is -0.123. The average molecular weight is 171 g/mol. The first-order valence-electron chi connectivity index (χ1n) is 4.01. The van der Waals surface area contributed by atoms with Crippen molar-refractivity contribution in [1.82, 2.24) is 5.32 Å². The minimum atomic E-state index is -0.525. The van der Waals surface area contributed by atoms with Gasteiger partial charge >= 0.3 is 0 Å². The molecule has 0 bridgehead atoms. The predicted molar refractivity (Wildman–Crippen MR) is 46.1 cm³/mol. The van der Waals surface area contributed by atoms with E-state index < -0.39 is 6.04 Å². The van der Waals surface area contributed by atoms with Crippen molar-refractivity contribution in [3.05, 3.63) is 0 Å². The van der Waals surface area contributed by atoms with Gasteiger partial charge in [-0.3, -0.25) is 9.59 Å². The zero-order valence-corrected chi connectivity index (χ0v) is 7.46. The van der Waals surface area contributed by atoms with Crippen LogP contribution in [0.1, 0.15) is 20.3 Å². The summed E-state index contributed by atoms with van der Waals surface area (Å²) in [6.07, 6.45) is 2.42. The highest BCUT2D eigenvalue weighted by atomic mass is 16.2. The summed E-state index contributed by atoms with van der Waals surface area (Å²) in [5, 5.41) is 2.36. The van der Waals surface area contributed by atoms with Crippen LogP contribution in [0.5, 0.6) is 0 Å². The molecule has 0 rings (SSSR count). The molecule has 3 N–H and O–H groups in total. The number of carbonyl (C=O) groups excluding carboxylic acids is 2. The molecule has 0 aromatic rings. The second-order valence-corrected chi connectivity index (χ2v) is 2.77. The van der Waals surface area contributed by atoms with E-state index in [1.807, 2.05) is 13.8 Å². The van der Waals surface area contributed by atoms with E-state index in [2.05, 4.69) is 5.32 Å². The molecule has 1 amide bonds. The third kappa shape index (κ3) is 3.48. The Bertz CT molecular complexity index is 159. The topological polar surface area (TPSA) is 72.2 Å². The van der Waals surface area contributed by atoms with Crippen LogP contribution in [0.4, 0.5) is 0 Å². The Morgan fingerprint density at radius 1 is 1.67 bits per heavy atom. The van der Waals surface area contributed by atoms with Gasteiger partial charge in [0.25, 0.3) is 0 Å². The Balaban J connectivity index is 3.83. The van der Waals surface area contributed by atoms with Crippen molar-refractivity contribution >= 4 is 12.2 Å². The fourth-order valence-electron chi connectivity index (χ4n) is 0.753. The Hall–Kier alpha value is -0.900. The van der Waals surface area contributed by atoms with Crippen LogP contribution < -0.4 is 11.1 Å². The first-order valence-corrected chi connectivity index (χ1v) is 4.01. The van der Waals surface area contributed by atoms with Crippen molar-refractivity contribution < 1.29 is 9.59 Å². The number of rotatable bonds is 5. The number of hydrogen-bond donors (Lipinski definition) is 2. The molecule has 0 aromatic carbocycles. The molecule has 0 saturated carbocycles. The highest BCUT2D eigenvalue weighted by Crippen LogP contribution is 2.04. The quantitative estimate of drug-likeness (QED) is 0.590. The number of nitrogens with two attached hydrogens (primary N) is 1. The van der Waals surface area contributed by atoms with Crippen LogP contribution in [-0.4, -0.2) is 24.8 Å². The molecule has 0 spiro atoms. The molecule has 0 fully saturated rings. The Kier molecular flexibility index (Phi) is 5.28. The largest absolute Gasteiger partial charge is 0.347 e. The van der Waals surface area contributed by atoms with E-state index in [9.17, 15) is 9.59 Å². The van der Waals surface area contributed by atoms with Crippen LogP contribution in [0.25, 0.3) is 0 Å². The van der Waals surface area contributed by atoms with Crippen LogP contribution in [0.15, 0.2) is 0 Å². The second-order valence-electron chi connectivity index (χ2n) is 2.77. The third-order valence-electron chi connectivity index (χ3n) is 1.89. The number of amides is 1. The van der Waals surface area contributed by atoms with Gasteiger partial charge in [-0.25, -0.2) is 0 Å². The maximum absolute atomic E-state index is 11.1. The molecular formula is C8H15N2O2. The van der Waals surface area contributed by atoms with Gasteiger partial charge < -0.3 is 11.1 Å². The lowest BCUT2D eigenvalue weighted by Crippen LogP contribution is -2.45. The third-order valence-corrected chi connectivity index (χ3v) is 1.89. The first kappa shape index (κ1) is 11.1. The standard InChI is InChI=1S/C8H15N2O2/c1-3-6(2)7(9)8(12)10-4-5-11/h6-7H,3-4,9H2,1-2H3,(H,10,12). The van der Waals surface area contributed by atoms with Crippen LogP contribution >= 0.6 is 0 Å². The fraction of sp³-hybridized carbons (Fsp3) is 0.750. The molecule has 69 valence electrons. The van der Waals surface area contributed by atoms with E-state index in [1.165, 1.54) is 0 Å². The van der Waals surface area contributed by atoms with Crippen molar-refractivity contribution in [2.24, 2.45) is 11.7 Å². The number of nitrogens with one attached hydrogen (secondary N) is 1. The summed E-state index contributed by atoms with van der Waals surface area (Å²) in [4.78, 5) is 20.9. The van der Waals surface area contributed by atoms with E-state index in [4.69, 9.17) is 5.73 Å². The van der Waals surface area contributed by atoms with E-state index in [0.717, 1.165) is 6.42 Å². The second kappa shape index (κ2) is 5.71. The van der Waals surface area contributed by atoms with Gasteiger partial charge in [0, 0.05) is 0 Å². The van der Waals surface area contributed by atoms with E-state index >= 15 is 0 Å². The lowest BCUT2D eigenvalue weighted by Gasteiger charge is -2.16. The van der Waals surface area contributed by atoms with Crippen molar-refractivity contribution in [1.29, 1.82) is 0 Å². The maximum atomic E-state index is 11.1. The van der Waals surface area contributed by atoms with E-state index in [1.54, 1.807) is 6.29 Å². The summed E-state index contributed by atoms with van der Waals surface area (Å²) in [5.41, 5.74) is 5.57.